The number of benzene rings is 1. The van der Waals surface area contributed by atoms with Crippen molar-refractivity contribution in [3.05, 3.63) is 39.9 Å². The van der Waals surface area contributed by atoms with E-state index < -0.39 is 5.60 Å². The predicted molar refractivity (Wildman–Crippen MR) is 93.9 cm³/mol. The third-order valence-corrected chi connectivity index (χ3v) is 4.91. The smallest absolute Gasteiger partial charge is 0.411 e. The first-order valence-corrected chi connectivity index (χ1v) is 8.68. The lowest BCUT2D eigenvalue weighted by Crippen LogP contribution is -2.45. The van der Waals surface area contributed by atoms with Crippen molar-refractivity contribution in [2.24, 2.45) is 0 Å². The molecule has 2 bridgehead atoms. The number of nitrogens with zero attached hydrogens (tertiary/aromatic N) is 1. The second kappa shape index (κ2) is 6.03. The number of rotatable bonds is 1. The Morgan fingerprint density at radius 3 is 2.43 bits per heavy atom. The zero-order chi connectivity index (χ0) is 16.8. The van der Waals surface area contributed by atoms with Gasteiger partial charge in [-0.3, -0.25) is 4.90 Å². The predicted octanol–water partition coefficient (Wildman–Crippen LogP) is 5.55. The van der Waals surface area contributed by atoms with Crippen LogP contribution in [0.4, 0.5) is 4.79 Å². The average Bonchev–Trinajstić information content (AvgIpc) is 2.68. The van der Waals surface area contributed by atoms with Crippen LogP contribution in [0.5, 0.6) is 0 Å². The summed E-state index contributed by atoms with van der Waals surface area (Å²) in [7, 11) is 0. The van der Waals surface area contributed by atoms with Crippen molar-refractivity contribution in [3.63, 3.8) is 0 Å². The Morgan fingerprint density at radius 2 is 1.87 bits per heavy atom. The van der Waals surface area contributed by atoms with E-state index in [4.69, 9.17) is 27.9 Å². The number of carbonyl (C=O) groups is 1. The first-order valence-electron chi connectivity index (χ1n) is 7.92. The van der Waals surface area contributed by atoms with E-state index >= 15 is 0 Å². The van der Waals surface area contributed by atoms with Gasteiger partial charge in [-0.15, -0.1) is 0 Å². The van der Waals surface area contributed by atoms with Crippen LogP contribution in [-0.2, 0) is 4.74 Å². The van der Waals surface area contributed by atoms with Gasteiger partial charge in [0, 0.05) is 21.7 Å². The third-order valence-electron chi connectivity index (χ3n) is 4.28. The molecule has 2 heterocycles. The minimum atomic E-state index is -0.480. The molecule has 1 fully saturated rings. The Hall–Kier alpha value is -1.19. The van der Waals surface area contributed by atoms with Crippen molar-refractivity contribution in [2.75, 3.05) is 0 Å². The van der Waals surface area contributed by atoms with Gasteiger partial charge in [-0.1, -0.05) is 35.3 Å². The summed E-state index contributed by atoms with van der Waals surface area (Å²) < 4.78 is 5.55. The normalized spacial score (nSPS) is 23.7. The number of hydrogen-bond donors (Lipinski definition) is 0. The molecule has 124 valence electrons. The van der Waals surface area contributed by atoms with E-state index in [1.807, 2.05) is 43.9 Å². The zero-order valence-electron chi connectivity index (χ0n) is 13.6. The minimum Gasteiger partial charge on any atom is -0.444 e. The number of hydrogen-bond acceptors (Lipinski definition) is 2. The first kappa shape index (κ1) is 16.7. The van der Waals surface area contributed by atoms with Gasteiger partial charge < -0.3 is 4.74 Å². The molecule has 5 heteroatoms. The highest BCUT2D eigenvalue weighted by Crippen LogP contribution is 2.42. The molecule has 3 nitrogen and oxygen atoms in total. The number of halogens is 2. The topological polar surface area (TPSA) is 29.5 Å². The van der Waals surface area contributed by atoms with Gasteiger partial charge in [0.2, 0.25) is 0 Å². The molecule has 2 unspecified atom stereocenters. The summed E-state index contributed by atoms with van der Waals surface area (Å²) in [6.07, 6.45) is 4.59. The van der Waals surface area contributed by atoms with Crippen LogP contribution in [0.2, 0.25) is 10.0 Å². The van der Waals surface area contributed by atoms with E-state index in [0.717, 1.165) is 30.4 Å². The molecule has 2 aliphatic heterocycles. The Balaban J connectivity index is 1.88. The molecule has 1 saturated heterocycles. The van der Waals surface area contributed by atoms with E-state index in [9.17, 15) is 4.79 Å². The highest BCUT2D eigenvalue weighted by Gasteiger charge is 2.42. The van der Waals surface area contributed by atoms with E-state index in [0.29, 0.717) is 10.0 Å². The fourth-order valence-corrected chi connectivity index (χ4v) is 4.06. The number of fused-ring (bicyclic) bond motifs is 2. The van der Waals surface area contributed by atoms with Gasteiger partial charge in [0.15, 0.2) is 0 Å². The van der Waals surface area contributed by atoms with Crippen LogP contribution in [0.3, 0.4) is 0 Å². The summed E-state index contributed by atoms with van der Waals surface area (Å²) in [5, 5.41) is 1.32. The molecule has 0 spiro atoms. The number of amides is 1. The zero-order valence-corrected chi connectivity index (χ0v) is 15.1. The van der Waals surface area contributed by atoms with Crippen LogP contribution in [0.25, 0.3) is 5.57 Å². The fraction of sp³-hybridized carbons (Fsp3) is 0.500. The summed E-state index contributed by atoms with van der Waals surface area (Å²) >= 11 is 12.7. The summed E-state index contributed by atoms with van der Waals surface area (Å²) in [6, 6.07) is 5.77. The molecule has 23 heavy (non-hydrogen) atoms. The SMILES string of the molecule is CC(C)(C)OC(=O)N1C2C=C(c3c(Cl)cccc3Cl)CC1CC2. The van der Waals surface area contributed by atoms with Gasteiger partial charge in [0.1, 0.15) is 5.60 Å². The van der Waals surface area contributed by atoms with Gasteiger partial charge in [-0.25, -0.2) is 4.79 Å². The molecule has 2 atom stereocenters. The van der Waals surface area contributed by atoms with Crippen LogP contribution in [0, 0.1) is 0 Å². The summed E-state index contributed by atoms with van der Waals surface area (Å²) in [6.45, 7) is 5.67. The fourth-order valence-electron chi connectivity index (χ4n) is 3.42. The highest BCUT2D eigenvalue weighted by atomic mass is 35.5. The average molecular weight is 354 g/mol. The van der Waals surface area contributed by atoms with Crippen LogP contribution >= 0.6 is 23.2 Å². The Bertz CT molecular complexity index is 643. The molecule has 1 aromatic rings. The van der Waals surface area contributed by atoms with E-state index in [1.165, 1.54) is 0 Å². The van der Waals surface area contributed by atoms with Crippen molar-refractivity contribution < 1.29 is 9.53 Å². The molecule has 0 aromatic heterocycles. The molecule has 3 rings (SSSR count). The van der Waals surface area contributed by atoms with Crippen molar-refractivity contribution in [1.82, 2.24) is 4.90 Å². The first-order chi connectivity index (χ1) is 10.8. The van der Waals surface area contributed by atoms with Crippen LogP contribution in [-0.4, -0.2) is 28.7 Å². The maximum atomic E-state index is 12.5. The van der Waals surface area contributed by atoms with Gasteiger partial charge >= 0.3 is 6.09 Å². The lowest BCUT2D eigenvalue weighted by Gasteiger charge is -2.35. The Morgan fingerprint density at radius 1 is 1.22 bits per heavy atom. The van der Waals surface area contributed by atoms with Crippen molar-refractivity contribution in [3.8, 4) is 0 Å². The van der Waals surface area contributed by atoms with Crippen molar-refractivity contribution in [1.29, 1.82) is 0 Å². The van der Waals surface area contributed by atoms with Gasteiger partial charge in [-0.2, -0.15) is 0 Å². The Kier molecular flexibility index (Phi) is 4.37. The standard InChI is InChI=1S/C18H21Cl2NO2/c1-18(2,3)23-17(22)21-12-7-8-13(21)10-11(9-12)16-14(19)5-4-6-15(16)20/h4-6,9,12-13H,7-8,10H2,1-3H3. The maximum Gasteiger partial charge on any atom is 0.411 e. The monoisotopic (exact) mass is 353 g/mol. The largest absolute Gasteiger partial charge is 0.444 e. The second-order valence-electron chi connectivity index (χ2n) is 7.18. The lowest BCUT2D eigenvalue weighted by molar-refractivity contribution is 0.0175. The van der Waals surface area contributed by atoms with E-state index in [-0.39, 0.29) is 18.2 Å². The molecule has 0 aliphatic carbocycles. The van der Waals surface area contributed by atoms with Gasteiger partial charge in [0.05, 0.1) is 6.04 Å². The van der Waals surface area contributed by atoms with Crippen LogP contribution < -0.4 is 0 Å². The number of carbonyl (C=O) groups excluding carboxylic acids is 1. The van der Waals surface area contributed by atoms with Gasteiger partial charge in [0.25, 0.3) is 0 Å². The lowest BCUT2D eigenvalue weighted by atomic mass is 9.95. The highest BCUT2D eigenvalue weighted by molar-refractivity contribution is 6.37. The Labute approximate surface area is 147 Å². The van der Waals surface area contributed by atoms with Gasteiger partial charge in [-0.05, 0) is 57.7 Å². The molecule has 0 N–H and O–H groups in total. The molecular formula is C18H21Cl2NO2. The minimum absolute atomic E-state index is 0.0611. The van der Waals surface area contributed by atoms with Crippen LogP contribution in [0.15, 0.2) is 24.3 Å². The molecule has 2 aliphatic rings. The van der Waals surface area contributed by atoms with Crippen LogP contribution in [0.1, 0.15) is 45.6 Å². The summed E-state index contributed by atoms with van der Waals surface area (Å²) in [5.41, 5.74) is 1.55. The molecular weight excluding hydrogens is 333 g/mol. The van der Waals surface area contributed by atoms with Crippen molar-refractivity contribution in [2.45, 2.75) is 57.7 Å². The van der Waals surface area contributed by atoms with E-state index in [1.54, 1.807) is 0 Å². The maximum absolute atomic E-state index is 12.5. The van der Waals surface area contributed by atoms with E-state index in [2.05, 4.69) is 6.08 Å². The summed E-state index contributed by atoms with van der Waals surface area (Å²) in [5.74, 6) is 0. The molecule has 0 saturated carbocycles. The quantitative estimate of drug-likeness (QED) is 0.662. The van der Waals surface area contributed by atoms with Crippen molar-refractivity contribution >= 4 is 34.9 Å². The molecule has 0 radical (unpaired) electrons. The third kappa shape index (κ3) is 3.36. The second-order valence-corrected chi connectivity index (χ2v) is 7.99. The summed E-state index contributed by atoms with van der Waals surface area (Å²) in [4.78, 5) is 14.3. The molecule has 1 aromatic carbocycles. The number of ether oxygens (including phenoxy) is 1. The molecule has 1 amide bonds.